The number of carbonyl (C=O) groups is 1. The van der Waals surface area contributed by atoms with Gasteiger partial charge in [0.15, 0.2) is 11.5 Å². The predicted molar refractivity (Wildman–Crippen MR) is 129 cm³/mol. The van der Waals surface area contributed by atoms with E-state index in [1.807, 2.05) is 60.7 Å². The van der Waals surface area contributed by atoms with Gasteiger partial charge in [-0.2, -0.15) is 0 Å². The number of fused-ring (bicyclic) bond motifs is 1. The van der Waals surface area contributed by atoms with Gasteiger partial charge >= 0.3 is 0 Å². The molecule has 0 radical (unpaired) electrons. The first-order chi connectivity index (χ1) is 15.9. The monoisotopic (exact) mass is 465 g/mol. The van der Waals surface area contributed by atoms with Gasteiger partial charge in [-0.3, -0.25) is 4.79 Å². The number of nitrogens with zero attached hydrogens (tertiary/aromatic N) is 1. The lowest BCUT2D eigenvalue weighted by Gasteiger charge is -2.24. The van der Waals surface area contributed by atoms with Crippen molar-refractivity contribution >= 4 is 17.5 Å². The Bertz CT molecular complexity index is 1120. The Morgan fingerprint density at radius 3 is 2.52 bits per heavy atom. The third-order valence-electron chi connectivity index (χ3n) is 5.88. The fourth-order valence-corrected chi connectivity index (χ4v) is 4.49. The number of rotatable bonds is 8. The molecule has 0 saturated heterocycles. The topological polar surface area (TPSA) is 59.0 Å². The number of hydrogen-bond donors (Lipinski definition) is 1. The molecule has 172 valence electrons. The lowest BCUT2D eigenvalue weighted by Crippen LogP contribution is -2.33. The minimum atomic E-state index is -0.458. The van der Waals surface area contributed by atoms with E-state index < -0.39 is 5.60 Å². The molecule has 1 heterocycles. The third kappa shape index (κ3) is 5.32. The van der Waals surface area contributed by atoms with E-state index in [4.69, 9.17) is 21.1 Å². The molecule has 5 nitrogen and oxygen atoms in total. The maximum absolute atomic E-state index is 13.4. The highest BCUT2D eigenvalue weighted by Crippen LogP contribution is 2.44. The molecule has 1 N–H and O–H groups in total. The van der Waals surface area contributed by atoms with Gasteiger partial charge in [-0.05, 0) is 42.3 Å². The van der Waals surface area contributed by atoms with Crippen LogP contribution in [0.25, 0.3) is 0 Å². The highest BCUT2D eigenvalue weighted by atomic mass is 35.5. The average molecular weight is 466 g/mol. The van der Waals surface area contributed by atoms with Crippen LogP contribution in [0.4, 0.5) is 0 Å². The van der Waals surface area contributed by atoms with Crippen LogP contribution >= 0.6 is 11.6 Å². The molecule has 1 aliphatic rings. The Morgan fingerprint density at radius 2 is 1.85 bits per heavy atom. The van der Waals surface area contributed by atoms with Crippen molar-refractivity contribution < 1.29 is 19.4 Å². The van der Waals surface area contributed by atoms with Gasteiger partial charge in [0.1, 0.15) is 5.60 Å². The second kappa shape index (κ2) is 9.86. The molecule has 6 heteroatoms. The number of aliphatic hydroxyl groups is 1. The van der Waals surface area contributed by atoms with Gasteiger partial charge in [-0.1, -0.05) is 54.1 Å². The first-order valence-electron chi connectivity index (χ1n) is 11.0. The van der Waals surface area contributed by atoms with Crippen LogP contribution in [0.1, 0.15) is 34.0 Å². The minimum Gasteiger partial charge on any atom is -0.493 e. The normalized spacial score (nSPS) is 16.7. The Kier molecular flexibility index (Phi) is 6.91. The van der Waals surface area contributed by atoms with E-state index in [-0.39, 0.29) is 19.1 Å². The van der Waals surface area contributed by atoms with Crippen molar-refractivity contribution in [3.05, 3.63) is 94.0 Å². The molecule has 0 bridgehead atoms. The lowest BCUT2D eigenvalue weighted by atomic mass is 9.91. The highest BCUT2D eigenvalue weighted by Gasteiger charge is 2.38. The molecule has 1 unspecified atom stereocenters. The summed E-state index contributed by atoms with van der Waals surface area (Å²) in [6.07, 6.45) is 1.36. The van der Waals surface area contributed by atoms with E-state index >= 15 is 0 Å². The van der Waals surface area contributed by atoms with Gasteiger partial charge in [0, 0.05) is 42.1 Å². The first kappa shape index (κ1) is 23.1. The van der Waals surface area contributed by atoms with Crippen LogP contribution in [-0.4, -0.2) is 41.8 Å². The van der Waals surface area contributed by atoms with Crippen LogP contribution in [0, 0.1) is 0 Å². The zero-order valence-corrected chi connectivity index (χ0v) is 19.6. The van der Waals surface area contributed by atoms with Crippen molar-refractivity contribution in [1.82, 2.24) is 4.90 Å². The second-order valence-corrected chi connectivity index (χ2v) is 9.07. The third-order valence-corrected chi connectivity index (χ3v) is 6.13. The van der Waals surface area contributed by atoms with E-state index in [1.165, 1.54) is 0 Å². The standard InChI is InChI=1S/C27H28ClNO4/c1-27(16-19-8-10-23(28)11-9-19)17-22-14-21(15-24(32-2)25(22)33-27)26(31)29(12-13-30)18-20-6-4-3-5-7-20/h3-11,14-15,30H,12-13,16-18H2,1-2H3. The lowest BCUT2D eigenvalue weighted by molar-refractivity contribution is 0.0707. The van der Waals surface area contributed by atoms with E-state index in [2.05, 4.69) is 6.92 Å². The van der Waals surface area contributed by atoms with E-state index in [1.54, 1.807) is 18.1 Å². The maximum atomic E-state index is 13.4. The number of amides is 1. The smallest absolute Gasteiger partial charge is 0.254 e. The van der Waals surface area contributed by atoms with Gasteiger partial charge in [-0.25, -0.2) is 0 Å². The molecule has 0 saturated carbocycles. The first-order valence-corrected chi connectivity index (χ1v) is 11.4. The van der Waals surface area contributed by atoms with Crippen LogP contribution in [0.5, 0.6) is 11.5 Å². The minimum absolute atomic E-state index is 0.108. The van der Waals surface area contributed by atoms with Gasteiger partial charge in [0.25, 0.3) is 5.91 Å². The van der Waals surface area contributed by atoms with Gasteiger partial charge in [0.2, 0.25) is 0 Å². The number of carbonyl (C=O) groups excluding carboxylic acids is 1. The Labute approximate surface area is 199 Å². The number of hydrogen-bond acceptors (Lipinski definition) is 4. The molecule has 0 fully saturated rings. The van der Waals surface area contributed by atoms with Crippen LogP contribution in [0.15, 0.2) is 66.7 Å². The predicted octanol–water partition coefficient (Wildman–Crippen LogP) is 4.92. The number of halogens is 1. The number of benzene rings is 3. The van der Waals surface area contributed by atoms with Crippen LogP contribution < -0.4 is 9.47 Å². The van der Waals surface area contributed by atoms with Crippen LogP contribution in [0.2, 0.25) is 5.02 Å². The fraction of sp³-hybridized carbons (Fsp3) is 0.296. The summed E-state index contributed by atoms with van der Waals surface area (Å²) in [7, 11) is 1.58. The van der Waals surface area contributed by atoms with E-state index in [0.29, 0.717) is 41.5 Å². The summed E-state index contributed by atoms with van der Waals surface area (Å²) in [6.45, 7) is 2.63. The van der Waals surface area contributed by atoms with Crippen molar-refractivity contribution in [1.29, 1.82) is 0 Å². The average Bonchev–Trinajstić information content (AvgIpc) is 3.15. The molecule has 1 amide bonds. The summed E-state index contributed by atoms with van der Waals surface area (Å²) in [5.74, 6) is 1.07. The molecule has 0 aliphatic carbocycles. The fourth-order valence-electron chi connectivity index (χ4n) is 4.36. The summed E-state index contributed by atoms with van der Waals surface area (Å²) in [5.41, 5.74) is 3.14. The van der Waals surface area contributed by atoms with E-state index in [9.17, 15) is 9.90 Å². The zero-order chi connectivity index (χ0) is 23.4. The molecule has 1 aliphatic heterocycles. The summed E-state index contributed by atoms with van der Waals surface area (Å²) in [5, 5.41) is 10.2. The summed E-state index contributed by atoms with van der Waals surface area (Å²) in [6, 6.07) is 21.1. The Morgan fingerprint density at radius 1 is 1.12 bits per heavy atom. The molecule has 3 aromatic carbocycles. The molecule has 1 atom stereocenters. The molecule has 3 aromatic rings. The van der Waals surface area contributed by atoms with Gasteiger partial charge in [0.05, 0.1) is 13.7 Å². The number of methoxy groups -OCH3 is 1. The second-order valence-electron chi connectivity index (χ2n) is 8.63. The molecule has 0 aromatic heterocycles. The van der Waals surface area contributed by atoms with Crippen molar-refractivity contribution in [2.24, 2.45) is 0 Å². The number of ether oxygens (including phenoxy) is 2. The quantitative estimate of drug-likeness (QED) is 0.513. The highest BCUT2D eigenvalue weighted by molar-refractivity contribution is 6.30. The summed E-state index contributed by atoms with van der Waals surface area (Å²) < 4.78 is 12.0. The SMILES string of the molecule is COc1cc(C(=O)N(CCO)Cc2ccccc2)cc2c1OC(C)(Cc1ccc(Cl)cc1)C2. The van der Waals surface area contributed by atoms with Gasteiger partial charge in [-0.15, -0.1) is 0 Å². The van der Waals surface area contributed by atoms with E-state index in [0.717, 1.165) is 16.7 Å². The van der Waals surface area contributed by atoms with Crippen molar-refractivity contribution in [3.8, 4) is 11.5 Å². The molecular weight excluding hydrogens is 438 g/mol. The number of aliphatic hydroxyl groups excluding tert-OH is 1. The Balaban J connectivity index is 1.58. The summed E-state index contributed by atoms with van der Waals surface area (Å²) in [4.78, 5) is 15.0. The molecule has 33 heavy (non-hydrogen) atoms. The summed E-state index contributed by atoms with van der Waals surface area (Å²) >= 11 is 6.02. The van der Waals surface area contributed by atoms with Crippen LogP contribution in [-0.2, 0) is 19.4 Å². The van der Waals surface area contributed by atoms with Crippen molar-refractivity contribution in [2.75, 3.05) is 20.3 Å². The van der Waals surface area contributed by atoms with Crippen molar-refractivity contribution in [2.45, 2.75) is 31.9 Å². The molecular formula is C27H28ClNO4. The zero-order valence-electron chi connectivity index (χ0n) is 18.9. The largest absolute Gasteiger partial charge is 0.493 e. The molecule has 0 spiro atoms. The molecule has 4 rings (SSSR count). The Hall–Kier alpha value is -3.02. The van der Waals surface area contributed by atoms with Crippen LogP contribution in [0.3, 0.4) is 0 Å². The van der Waals surface area contributed by atoms with Crippen molar-refractivity contribution in [3.63, 3.8) is 0 Å². The maximum Gasteiger partial charge on any atom is 0.254 e. The van der Waals surface area contributed by atoms with Gasteiger partial charge < -0.3 is 19.5 Å².